The summed E-state index contributed by atoms with van der Waals surface area (Å²) < 4.78 is 14.1. The highest BCUT2D eigenvalue weighted by Gasteiger charge is 2.69. The van der Waals surface area contributed by atoms with Crippen LogP contribution in [0.3, 0.4) is 0 Å². The van der Waals surface area contributed by atoms with Crippen molar-refractivity contribution in [2.75, 3.05) is 10.2 Å². The minimum Gasteiger partial charge on any atom is -0.352 e. The molecule has 0 unspecified atom stereocenters. The van der Waals surface area contributed by atoms with Gasteiger partial charge in [0.1, 0.15) is 11.2 Å². The number of amides is 1. The van der Waals surface area contributed by atoms with Crippen molar-refractivity contribution in [2.24, 2.45) is 11.8 Å². The van der Waals surface area contributed by atoms with Crippen molar-refractivity contribution in [3.63, 3.8) is 0 Å². The van der Waals surface area contributed by atoms with Crippen molar-refractivity contribution < 1.29 is 18.8 Å². The molecule has 4 atom stereocenters. The Bertz CT molecular complexity index is 1510. The van der Waals surface area contributed by atoms with Crippen molar-refractivity contribution >= 4 is 34.9 Å². The van der Waals surface area contributed by atoms with Crippen LogP contribution >= 0.6 is 0 Å². The minimum atomic E-state index is -1.33. The molecule has 192 valence electrons. The fourth-order valence-corrected chi connectivity index (χ4v) is 6.76. The summed E-state index contributed by atoms with van der Waals surface area (Å²) in [6.07, 6.45) is 4.53. The van der Waals surface area contributed by atoms with E-state index < -0.39 is 29.2 Å². The first-order valence-corrected chi connectivity index (χ1v) is 13.0. The average Bonchev–Trinajstić information content (AvgIpc) is 3.36. The van der Waals surface area contributed by atoms with Crippen molar-refractivity contribution in [1.29, 1.82) is 0 Å². The monoisotopic (exact) mass is 508 g/mol. The largest absolute Gasteiger partial charge is 0.352 e. The molecule has 5 nitrogen and oxygen atoms in total. The molecule has 1 saturated heterocycles. The summed E-state index contributed by atoms with van der Waals surface area (Å²) in [5.74, 6) is -1.67. The quantitative estimate of drug-likeness (QED) is 0.457. The zero-order valence-corrected chi connectivity index (χ0v) is 21.6. The van der Waals surface area contributed by atoms with Gasteiger partial charge in [0.05, 0.1) is 18.0 Å². The maximum absolute atomic E-state index is 14.5. The van der Waals surface area contributed by atoms with E-state index >= 15 is 0 Å². The van der Waals surface area contributed by atoms with Crippen LogP contribution in [0.2, 0.25) is 0 Å². The fourth-order valence-electron chi connectivity index (χ4n) is 6.76. The van der Waals surface area contributed by atoms with Crippen LogP contribution in [0.1, 0.15) is 47.8 Å². The number of Topliss-reactive ketones (excluding diaryl/α,β-unsaturated/α-hetero) is 2. The Hall–Kier alpha value is -4.06. The molecule has 1 N–H and O–H groups in total. The molecular formula is C32H29FN2O3. The highest BCUT2D eigenvalue weighted by atomic mass is 19.1. The summed E-state index contributed by atoms with van der Waals surface area (Å²) in [6.45, 7) is 5.75. The first-order chi connectivity index (χ1) is 18.2. The summed E-state index contributed by atoms with van der Waals surface area (Å²) >= 11 is 0. The maximum Gasteiger partial charge on any atom is 0.238 e. The molecule has 6 rings (SSSR count). The van der Waals surface area contributed by atoms with Crippen LogP contribution in [-0.2, 0) is 21.4 Å². The van der Waals surface area contributed by atoms with E-state index in [0.717, 1.165) is 12.0 Å². The van der Waals surface area contributed by atoms with Gasteiger partial charge in [0.15, 0.2) is 11.6 Å². The van der Waals surface area contributed by atoms with E-state index in [-0.39, 0.29) is 17.5 Å². The fraction of sp³-hybridized carbons (Fsp3) is 0.281. The Morgan fingerprint density at radius 3 is 2.50 bits per heavy atom. The van der Waals surface area contributed by atoms with Crippen molar-refractivity contribution in [3.05, 3.63) is 101 Å². The van der Waals surface area contributed by atoms with E-state index in [9.17, 15) is 18.8 Å². The molecule has 1 spiro atoms. The summed E-state index contributed by atoms with van der Waals surface area (Å²) in [5, 5.41) is 3.00. The number of halogens is 1. The van der Waals surface area contributed by atoms with E-state index in [2.05, 4.69) is 19.2 Å². The molecule has 1 amide bonds. The molecule has 3 aromatic carbocycles. The normalized spacial score (nSPS) is 24.8. The number of nitrogens with zero attached hydrogens (tertiary/aromatic N) is 1. The highest BCUT2D eigenvalue weighted by Crippen LogP contribution is 2.57. The highest BCUT2D eigenvalue weighted by molar-refractivity contribution is 6.16. The number of ketones is 2. The molecule has 6 heteroatoms. The molecule has 0 bridgehead atoms. The maximum atomic E-state index is 14.5. The van der Waals surface area contributed by atoms with Crippen LogP contribution in [-0.4, -0.2) is 29.6 Å². The van der Waals surface area contributed by atoms with Crippen molar-refractivity contribution in [1.82, 2.24) is 0 Å². The number of para-hydroxylation sites is 1. The van der Waals surface area contributed by atoms with E-state index in [1.54, 1.807) is 24.3 Å². The summed E-state index contributed by atoms with van der Waals surface area (Å²) in [6, 6.07) is 17.8. The molecule has 3 aromatic rings. The Balaban J connectivity index is 1.58. The van der Waals surface area contributed by atoms with E-state index in [1.165, 1.54) is 19.1 Å². The minimum absolute atomic E-state index is 0.218. The second-order valence-corrected chi connectivity index (χ2v) is 11.0. The molecule has 0 aromatic heterocycles. The van der Waals surface area contributed by atoms with Crippen LogP contribution in [0.5, 0.6) is 0 Å². The number of anilines is 2. The zero-order chi connectivity index (χ0) is 26.8. The predicted molar refractivity (Wildman–Crippen MR) is 146 cm³/mol. The molecule has 3 heterocycles. The number of hydrogen-bond acceptors (Lipinski definition) is 4. The molecule has 1 fully saturated rings. The van der Waals surface area contributed by atoms with Gasteiger partial charge in [0.25, 0.3) is 0 Å². The summed E-state index contributed by atoms with van der Waals surface area (Å²) in [4.78, 5) is 43.9. The third-order valence-electron chi connectivity index (χ3n) is 8.18. The molecule has 3 aliphatic rings. The van der Waals surface area contributed by atoms with Crippen LogP contribution in [0, 0.1) is 17.7 Å². The molecule has 0 saturated carbocycles. The Labute approximate surface area is 221 Å². The summed E-state index contributed by atoms with van der Waals surface area (Å²) in [5.41, 5.74) is 2.86. The zero-order valence-electron chi connectivity index (χ0n) is 21.6. The molecule has 3 aliphatic heterocycles. The van der Waals surface area contributed by atoms with Gasteiger partial charge in [-0.25, -0.2) is 4.39 Å². The number of fused-ring (bicyclic) bond motifs is 6. The van der Waals surface area contributed by atoms with Gasteiger partial charge in [0, 0.05) is 22.5 Å². The smallest absolute Gasteiger partial charge is 0.238 e. The standard InChI is InChI=1S/C32H29FN2O3/c1-18(2)16-20-8-10-21(11-9-20)30(37)28-29(19(3)36)35-26-14-13-23(33)17-22(26)12-15-27(35)32(28)24-6-4-5-7-25(24)34-31(32)38/h4-15,17-18,27-29H,16H2,1-3H3,(H,34,38)/t27-,28-,29-,32-/m1/s1. The van der Waals surface area contributed by atoms with Gasteiger partial charge in [-0.2, -0.15) is 0 Å². The van der Waals surface area contributed by atoms with E-state index in [1.807, 2.05) is 47.4 Å². The van der Waals surface area contributed by atoms with Gasteiger partial charge in [-0.05, 0) is 54.7 Å². The van der Waals surface area contributed by atoms with Gasteiger partial charge in [-0.15, -0.1) is 0 Å². The van der Waals surface area contributed by atoms with Crippen LogP contribution in [0.4, 0.5) is 15.8 Å². The van der Waals surface area contributed by atoms with Crippen LogP contribution in [0.15, 0.2) is 72.8 Å². The molecular weight excluding hydrogens is 479 g/mol. The first-order valence-electron chi connectivity index (χ1n) is 13.0. The van der Waals surface area contributed by atoms with E-state index in [4.69, 9.17) is 0 Å². The van der Waals surface area contributed by atoms with Gasteiger partial charge in [-0.3, -0.25) is 14.4 Å². The van der Waals surface area contributed by atoms with Gasteiger partial charge in [-0.1, -0.05) is 68.5 Å². The SMILES string of the molecule is CC(=O)[C@@H]1[C@H](C(=O)c2ccc(CC(C)C)cc2)[C@]2(C(=O)Nc3ccccc32)[C@H]2C=Cc3cc(F)ccc3N12. The van der Waals surface area contributed by atoms with Gasteiger partial charge >= 0.3 is 0 Å². The number of hydrogen-bond donors (Lipinski definition) is 1. The van der Waals surface area contributed by atoms with Gasteiger partial charge in [0.2, 0.25) is 5.91 Å². The number of benzene rings is 3. The average molecular weight is 509 g/mol. The topological polar surface area (TPSA) is 66.5 Å². The Kier molecular flexibility index (Phi) is 5.60. The number of rotatable bonds is 5. The Morgan fingerprint density at radius 2 is 1.79 bits per heavy atom. The lowest BCUT2D eigenvalue weighted by molar-refractivity contribution is -0.122. The third kappa shape index (κ3) is 3.39. The molecule has 38 heavy (non-hydrogen) atoms. The lowest BCUT2D eigenvalue weighted by Gasteiger charge is -2.37. The van der Waals surface area contributed by atoms with Gasteiger partial charge < -0.3 is 10.2 Å². The number of carbonyl (C=O) groups is 3. The summed E-state index contributed by atoms with van der Waals surface area (Å²) in [7, 11) is 0. The van der Waals surface area contributed by atoms with E-state index in [0.29, 0.717) is 34.0 Å². The lowest BCUT2D eigenvalue weighted by Crippen LogP contribution is -2.51. The van der Waals surface area contributed by atoms with Crippen LogP contribution in [0.25, 0.3) is 6.08 Å². The Morgan fingerprint density at radius 1 is 1.05 bits per heavy atom. The number of nitrogens with one attached hydrogen (secondary N) is 1. The van der Waals surface area contributed by atoms with Crippen molar-refractivity contribution in [3.8, 4) is 0 Å². The predicted octanol–water partition coefficient (Wildman–Crippen LogP) is 5.59. The molecule has 0 radical (unpaired) electrons. The second-order valence-electron chi connectivity index (χ2n) is 11.0. The lowest BCUT2D eigenvalue weighted by atomic mass is 9.64. The van der Waals surface area contributed by atoms with Crippen molar-refractivity contribution in [2.45, 2.75) is 44.7 Å². The second kappa shape index (κ2) is 8.76. The van der Waals surface area contributed by atoms with Crippen LogP contribution < -0.4 is 10.2 Å². The first kappa shape index (κ1) is 24.3. The number of carbonyl (C=O) groups excluding carboxylic acids is 3. The molecule has 0 aliphatic carbocycles. The third-order valence-corrected chi connectivity index (χ3v) is 8.18.